The summed E-state index contributed by atoms with van der Waals surface area (Å²) in [6.07, 6.45) is 1.07. The Morgan fingerprint density at radius 3 is 2.50 bits per heavy atom. The second-order valence-electron chi connectivity index (χ2n) is 4.84. The molecule has 0 radical (unpaired) electrons. The van der Waals surface area contributed by atoms with Crippen LogP contribution in [0.3, 0.4) is 0 Å². The highest BCUT2D eigenvalue weighted by atomic mass is 35.5. The van der Waals surface area contributed by atoms with Gasteiger partial charge in [0, 0.05) is 22.5 Å². The molecule has 1 amide bonds. The van der Waals surface area contributed by atoms with Crippen LogP contribution in [0.4, 0.5) is 0 Å². The van der Waals surface area contributed by atoms with E-state index in [-0.39, 0.29) is 11.9 Å². The quantitative estimate of drug-likeness (QED) is 0.868. The highest BCUT2D eigenvalue weighted by Crippen LogP contribution is 2.22. The van der Waals surface area contributed by atoms with Crippen molar-refractivity contribution in [1.29, 1.82) is 0 Å². The number of nitrogens with one attached hydrogen (secondary N) is 1. The van der Waals surface area contributed by atoms with Gasteiger partial charge in [-0.15, -0.1) is 0 Å². The summed E-state index contributed by atoms with van der Waals surface area (Å²) in [5.41, 5.74) is 0.952. The van der Waals surface area contributed by atoms with E-state index in [1.807, 2.05) is 13.0 Å². The summed E-state index contributed by atoms with van der Waals surface area (Å²) in [6.45, 7) is 6.18. The molecule has 0 aliphatic heterocycles. The Morgan fingerprint density at radius 2 is 1.94 bits per heavy atom. The van der Waals surface area contributed by atoms with Gasteiger partial charge in [0.05, 0.1) is 0 Å². The van der Waals surface area contributed by atoms with Crippen molar-refractivity contribution < 1.29 is 4.79 Å². The molecule has 18 heavy (non-hydrogen) atoms. The zero-order valence-corrected chi connectivity index (χ0v) is 12.5. The van der Waals surface area contributed by atoms with Crippen molar-refractivity contribution in [2.45, 2.75) is 39.7 Å². The van der Waals surface area contributed by atoms with Gasteiger partial charge in [0.1, 0.15) is 0 Å². The Kier molecular flexibility index (Phi) is 5.97. The van der Waals surface area contributed by atoms with Crippen molar-refractivity contribution in [3.8, 4) is 0 Å². The first-order valence-corrected chi connectivity index (χ1v) is 6.89. The van der Waals surface area contributed by atoms with Gasteiger partial charge >= 0.3 is 0 Å². The van der Waals surface area contributed by atoms with E-state index in [9.17, 15) is 4.79 Å². The maximum atomic E-state index is 11.7. The fraction of sp³-hybridized carbons (Fsp3) is 0.500. The van der Waals surface area contributed by atoms with E-state index >= 15 is 0 Å². The summed E-state index contributed by atoms with van der Waals surface area (Å²) >= 11 is 11.9. The van der Waals surface area contributed by atoms with Crippen LogP contribution in [-0.4, -0.2) is 11.9 Å². The minimum absolute atomic E-state index is 0.0576. The van der Waals surface area contributed by atoms with Gasteiger partial charge in [-0.05, 0) is 37.0 Å². The SMILES string of the molecule is CC(C)[C@@H](C)NC(=O)CCc1ccc(Cl)cc1Cl. The fourth-order valence-corrected chi connectivity index (χ4v) is 1.97. The summed E-state index contributed by atoms with van der Waals surface area (Å²) in [5, 5.41) is 4.20. The van der Waals surface area contributed by atoms with Crippen molar-refractivity contribution in [1.82, 2.24) is 5.32 Å². The molecule has 0 aliphatic rings. The van der Waals surface area contributed by atoms with Gasteiger partial charge in [-0.3, -0.25) is 4.79 Å². The van der Waals surface area contributed by atoms with Crippen LogP contribution in [0, 0.1) is 5.92 Å². The molecule has 1 aromatic carbocycles. The minimum Gasteiger partial charge on any atom is -0.353 e. The summed E-state index contributed by atoms with van der Waals surface area (Å²) in [7, 11) is 0. The molecule has 0 aromatic heterocycles. The summed E-state index contributed by atoms with van der Waals surface area (Å²) < 4.78 is 0. The van der Waals surface area contributed by atoms with Crippen LogP contribution in [0.2, 0.25) is 10.0 Å². The average molecular weight is 288 g/mol. The molecule has 1 aromatic rings. The van der Waals surface area contributed by atoms with Gasteiger partial charge in [0.25, 0.3) is 0 Å². The van der Waals surface area contributed by atoms with Crippen LogP contribution in [0.25, 0.3) is 0 Å². The van der Waals surface area contributed by atoms with E-state index in [4.69, 9.17) is 23.2 Å². The lowest BCUT2D eigenvalue weighted by molar-refractivity contribution is -0.121. The lowest BCUT2D eigenvalue weighted by Gasteiger charge is -2.17. The number of aryl methyl sites for hydroxylation is 1. The molecular weight excluding hydrogens is 269 g/mol. The molecule has 1 rings (SSSR count). The van der Waals surface area contributed by atoms with E-state index in [1.54, 1.807) is 12.1 Å². The van der Waals surface area contributed by atoms with Gasteiger partial charge in [0.2, 0.25) is 5.91 Å². The number of hydrogen-bond donors (Lipinski definition) is 1. The van der Waals surface area contributed by atoms with E-state index in [2.05, 4.69) is 19.2 Å². The van der Waals surface area contributed by atoms with Crippen molar-refractivity contribution >= 4 is 29.1 Å². The number of carbonyl (C=O) groups excluding carboxylic acids is 1. The molecule has 0 saturated carbocycles. The first-order chi connectivity index (χ1) is 8.40. The van der Waals surface area contributed by atoms with Crippen LogP contribution in [0.5, 0.6) is 0 Å². The zero-order chi connectivity index (χ0) is 13.7. The fourth-order valence-electron chi connectivity index (χ4n) is 1.47. The number of amides is 1. The first-order valence-electron chi connectivity index (χ1n) is 6.13. The molecular formula is C14H19Cl2NO. The van der Waals surface area contributed by atoms with Crippen molar-refractivity contribution in [3.05, 3.63) is 33.8 Å². The second-order valence-corrected chi connectivity index (χ2v) is 5.68. The molecule has 0 saturated heterocycles. The lowest BCUT2D eigenvalue weighted by Crippen LogP contribution is -2.36. The summed E-state index contributed by atoms with van der Waals surface area (Å²) in [5.74, 6) is 0.496. The standard InChI is InChI=1S/C14H19Cl2NO/c1-9(2)10(3)17-14(18)7-5-11-4-6-12(15)8-13(11)16/h4,6,8-10H,5,7H2,1-3H3,(H,17,18)/t10-/m1/s1. The smallest absolute Gasteiger partial charge is 0.220 e. The third kappa shape index (κ3) is 4.87. The lowest BCUT2D eigenvalue weighted by atomic mass is 10.1. The molecule has 1 N–H and O–H groups in total. The van der Waals surface area contributed by atoms with Crippen LogP contribution in [0.15, 0.2) is 18.2 Å². The second kappa shape index (κ2) is 7.01. The van der Waals surface area contributed by atoms with E-state index in [0.29, 0.717) is 28.8 Å². The van der Waals surface area contributed by atoms with Gasteiger partial charge in [0.15, 0.2) is 0 Å². The van der Waals surface area contributed by atoms with Crippen molar-refractivity contribution in [2.75, 3.05) is 0 Å². The maximum absolute atomic E-state index is 11.7. The Bertz CT molecular complexity index is 418. The van der Waals surface area contributed by atoms with Crippen LogP contribution in [0.1, 0.15) is 32.8 Å². The Hall–Kier alpha value is -0.730. The van der Waals surface area contributed by atoms with Crippen LogP contribution < -0.4 is 5.32 Å². The zero-order valence-electron chi connectivity index (χ0n) is 11.0. The largest absolute Gasteiger partial charge is 0.353 e. The van der Waals surface area contributed by atoms with Gasteiger partial charge in [-0.1, -0.05) is 43.1 Å². The van der Waals surface area contributed by atoms with Gasteiger partial charge in [-0.25, -0.2) is 0 Å². The first kappa shape index (κ1) is 15.3. The molecule has 2 nitrogen and oxygen atoms in total. The topological polar surface area (TPSA) is 29.1 Å². The number of halogens is 2. The normalized spacial score (nSPS) is 12.6. The predicted octanol–water partition coefficient (Wildman–Crippen LogP) is 4.09. The number of carbonyl (C=O) groups is 1. The Morgan fingerprint density at radius 1 is 1.28 bits per heavy atom. The maximum Gasteiger partial charge on any atom is 0.220 e. The molecule has 0 bridgehead atoms. The summed E-state index contributed by atoms with van der Waals surface area (Å²) in [4.78, 5) is 11.7. The van der Waals surface area contributed by atoms with Crippen LogP contribution >= 0.6 is 23.2 Å². The van der Waals surface area contributed by atoms with Crippen molar-refractivity contribution in [3.63, 3.8) is 0 Å². The highest BCUT2D eigenvalue weighted by Gasteiger charge is 2.11. The number of rotatable bonds is 5. The minimum atomic E-state index is 0.0576. The Labute approximate surface area is 119 Å². The average Bonchev–Trinajstić information content (AvgIpc) is 2.27. The third-order valence-electron chi connectivity index (χ3n) is 3.03. The number of hydrogen-bond acceptors (Lipinski definition) is 1. The highest BCUT2D eigenvalue weighted by molar-refractivity contribution is 6.35. The Balaban J connectivity index is 2.47. The van der Waals surface area contributed by atoms with Gasteiger partial charge in [-0.2, -0.15) is 0 Å². The molecule has 100 valence electrons. The van der Waals surface area contributed by atoms with E-state index < -0.39 is 0 Å². The third-order valence-corrected chi connectivity index (χ3v) is 3.61. The van der Waals surface area contributed by atoms with Crippen molar-refractivity contribution in [2.24, 2.45) is 5.92 Å². The molecule has 4 heteroatoms. The predicted molar refractivity (Wildman–Crippen MR) is 77.2 cm³/mol. The monoisotopic (exact) mass is 287 g/mol. The van der Waals surface area contributed by atoms with E-state index in [1.165, 1.54) is 0 Å². The molecule has 0 fully saturated rings. The molecule has 0 heterocycles. The molecule has 1 atom stereocenters. The van der Waals surface area contributed by atoms with E-state index in [0.717, 1.165) is 5.56 Å². The molecule has 0 aliphatic carbocycles. The molecule has 0 spiro atoms. The van der Waals surface area contributed by atoms with Crippen LogP contribution in [-0.2, 0) is 11.2 Å². The number of benzene rings is 1. The van der Waals surface area contributed by atoms with Gasteiger partial charge < -0.3 is 5.32 Å². The molecule has 0 unspecified atom stereocenters. The summed E-state index contributed by atoms with van der Waals surface area (Å²) in [6, 6.07) is 5.55.